The molecule has 1 saturated carbocycles. The molecule has 1 aliphatic heterocycles. The van der Waals surface area contributed by atoms with Gasteiger partial charge in [0, 0.05) is 18.4 Å². The average Bonchev–Trinajstić information content (AvgIpc) is 2.94. The summed E-state index contributed by atoms with van der Waals surface area (Å²) in [5.41, 5.74) is 0. The maximum atomic E-state index is 5.39. The molecule has 1 aromatic rings. The maximum absolute atomic E-state index is 5.39. The fraction of sp³-hybridized carbons (Fsp3) is 0.833. The van der Waals surface area contributed by atoms with Crippen LogP contribution in [0.2, 0.25) is 0 Å². The normalized spacial score (nSPS) is 30.6. The predicted molar refractivity (Wildman–Crippen MR) is 60.2 cm³/mol. The van der Waals surface area contributed by atoms with Crippen molar-refractivity contribution in [3.63, 3.8) is 0 Å². The van der Waals surface area contributed by atoms with E-state index in [9.17, 15) is 0 Å². The Morgan fingerprint density at radius 2 is 2.25 bits per heavy atom. The first kappa shape index (κ1) is 10.3. The zero-order valence-electron chi connectivity index (χ0n) is 9.78. The largest absolute Gasteiger partial charge is 0.339 e. The first-order valence-electron chi connectivity index (χ1n) is 6.37. The Kier molecular flexibility index (Phi) is 2.67. The van der Waals surface area contributed by atoms with Crippen LogP contribution in [0, 0.1) is 5.92 Å². The van der Waals surface area contributed by atoms with Crippen molar-refractivity contribution >= 4 is 0 Å². The van der Waals surface area contributed by atoms with Gasteiger partial charge in [-0.1, -0.05) is 5.16 Å². The summed E-state index contributed by atoms with van der Waals surface area (Å²) >= 11 is 0. The lowest BCUT2D eigenvalue weighted by molar-refractivity contribution is 0.294. The van der Waals surface area contributed by atoms with Crippen molar-refractivity contribution in [1.29, 1.82) is 0 Å². The van der Waals surface area contributed by atoms with Crippen LogP contribution in [-0.4, -0.2) is 22.7 Å². The van der Waals surface area contributed by atoms with Gasteiger partial charge >= 0.3 is 0 Å². The molecule has 2 aliphatic rings. The van der Waals surface area contributed by atoms with Crippen LogP contribution in [0.25, 0.3) is 0 Å². The molecule has 0 aromatic carbocycles. The summed E-state index contributed by atoms with van der Waals surface area (Å²) in [6.45, 7) is 3.28. The van der Waals surface area contributed by atoms with Gasteiger partial charge in [-0.2, -0.15) is 4.98 Å². The van der Waals surface area contributed by atoms with Gasteiger partial charge < -0.3 is 9.84 Å². The monoisotopic (exact) mass is 221 g/mol. The second-order valence-corrected chi connectivity index (χ2v) is 5.27. The highest BCUT2D eigenvalue weighted by atomic mass is 16.5. The van der Waals surface area contributed by atoms with Crippen molar-refractivity contribution in [2.24, 2.45) is 5.92 Å². The molecule has 88 valence electrons. The highest BCUT2D eigenvalue weighted by Gasteiger charge is 2.27. The zero-order chi connectivity index (χ0) is 11.0. The third kappa shape index (κ3) is 2.26. The Bertz CT molecular complexity index is 359. The molecule has 3 rings (SSSR count). The van der Waals surface area contributed by atoms with Gasteiger partial charge in [0.05, 0.1) is 0 Å². The fourth-order valence-electron chi connectivity index (χ4n) is 2.45. The molecule has 0 bridgehead atoms. The molecule has 0 radical (unpaired) electrons. The lowest BCUT2D eigenvalue weighted by Gasteiger charge is -2.25. The summed E-state index contributed by atoms with van der Waals surface area (Å²) in [4.78, 5) is 4.54. The summed E-state index contributed by atoms with van der Waals surface area (Å²) in [6, 6.07) is 0.567. The van der Waals surface area contributed by atoms with Crippen LogP contribution in [0.4, 0.5) is 0 Å². The first-order chi connectivity index (χ1) is 7.81. The number of hydrogen-bond donors (Lipinski definition) is 1. The van der Waals surface area contributed by atoms with Gasteiger partial charge in [0.25, 0.3) is 0 Å². The molecule has 2 unspecified atom stereocenters. The minimum atomic E-state index is 0.469. The van der Waals surface area contributed by atoms with E-state index in [0.29, 0.717) is 12.0 Å². The van der Waals surface area contributed by atoms with E-state index in [-0.39, 0.29) is 0 Å². The highest BCUT2D eigenvalue weighted by Crippen LogP contribution is 2.32. The van der Waals surface area contributed by atoms with Gasteiger partial charge in [0.15, 0.2) is 5.82 Å². The van der Waals surface area contributed by atoms with Crippen molar-refractivity contribution in [2.45, 2.75) is 51.0 Å². The van der Waals surface area contributed by atoms with Crippen molar-refractivity contribution in [3.05, 3.63) is 11.7 Å². The molecule has 0 spiro atoms. The van der Waals surface area contributed by atoms with Gasteiger partial charge in [-0.3, -0.25) is 0 Å². The molecule has 1 aliphatic carbocycles. The minimum Gasteiger partial charge on any atom is -0.339 e. The standard InChI is InChI=1S/C12H19N3O/c1-8-6-10(4-5-13-8)12-14-11(15-16-12)7-9-2-3-9/h8-10,13H,2-7H2,1H3. The second-order valence-electron chi connectivity index (χ2n) is 5.27. The van der Waals surface area contributed by atoms with E-state index in [2.05, 4.69) is 22.4 Å². The quantitative estimate of drug-likeness (QED) is 0.846. The number of hydrogen-bond acceptors (Lipinski definition) is 4. The summed E-state index contributed by atoms with van der Waals surface area (Å²) < 4.78 is 5.39. The van der Waals surface area contributed by atoms with Crippen molar-refractivity contribution in [1.82, 2.24) is 15.5 Å². The van der Waals surface area contributed by atoms with Crippen molar-refractivity contribution in [2.75, 3.05) is 6.54 Å². The highest BCUT2D eigenvalue weighted by molar-refractivity contribution is 4.99. The summed E-state index contributed by atoms with van der Waals surface area (Å²) in [5.74, 6) is 3.08. The minimum absolute atomic E-state index is 0.469. The van der Waals surface area contributed by atoms with Gasteiger partial charge in [-0.05, 0) is 45.1 Å². The Morgan fingerprint density at radius 1 is 1.38 bits per heavy atom. The average molecular weight is 221 g/mol. The smallest absolute Gasteiger partial charge is 0.229 e. The molecule has 16 heavy (non-hydrogen) atoms. The zero-order valence-corrected chi connectivity index (χ0v) is 9.78. The number of nitrogens with one attached hydrogen (secondary N) is 1. The number of piperidine rings is 1. The Labute approximate surface area is 95.8 Å². The van der Waals surface area contributed by atoms with Crippen LogP contribution < -0.4 is 5.32 Å². The summed E-state index contributed by atoms with van der Waals surface area (Å²) in [5, 5.41) is 7.53. The lowest BCUT2D eigenvalue weighted by Crippen LogP contribution is -2.34. The summed E-state index contributed by atoms with van der Waals surface area (Å²) in [6.07, 6.45) is 5.94. The third-order valence-electron chi connectivity index (χ3n) is 3.62. The van der Waals surface area contributed by atoms with Gasteiger partial charge in [0.1, 0.15) is 0 Å². The van der Waals surface area contributed by atoms with Crippen molar-refractivity contribution < 1.29 is 4.52 Å². The van der Waals surface area contributed by atoms with Crippen LogP contribution >= 0.6 is 0 Å². The molecule has 4 nitrogen and oxygen atoms in total. The predicted octanol–water partition coefficient (Wildman–Crippen LogP) is 1.88. The second kappa shape index (κ2) is 4.17. The SMILES string of the molecule is CC1CC(c2nc(CC3CC3)no2)CCN1. The molecule has 1 saturated heterocycles. The van der Waals surface area contributed by atoms with E-state index >= 15 is 0 Å². The molecule has 4 heteroatoms. The molecular weight excluding hydrogens is 202 g/mol. The van der Waals surface area contributed by atoms with E-state index in [0.717, 1.165) is 43.4 Å². The van der Waals surface area contributed by atoms with E-state index in [1.807, 2.05) is 0 Å². The fourth-order valence-corrected chi connectivity index (χ4v) is 2.45. The van der Waals surface area contributed by atoms with Crippen LogP contribution in [0.5, 0.6) is 0 Å². The van der Waals surface area contributed by atoms with Gasteiger partial charge in [-0.25, -0.2) is 0 Å². The van der Waals surface area contributed by atoms with Gasteiger partial charge in [0.2, 0.25) is 5.89 Å². The van der Waals surface area contributed by atoms with Crippen molar-refractivity contribution in [3.8, 4) is 0 Å². The Morgan fingerprint density at radius 3 is 3.00 bits per heavy atom. The first-order valence-corrected chi connectivity index (χ1v) is 6.37. The van der Waals surface area contributed by atoms with E-state index in [1.54, 1.807) is 0 Å². The van der Waals surface area contributed by atoms with Crippen LogP contribution in [0.3, 0.4) is 0 Å². The molecule has 1 aromatic heterocycles. The number of rotatable bonds is 3. The van der Waals surface area contributed by atoms with Crippen LogP contribution in [-0.2, 0) is 6.42 Å². The maximum Gasteiger partial charge on any atom is 0.229 e. The van der Waals surface area contributed by atoms with Gasteiger partial charge in [-0.15, -0.1) is 0 Å². The topological polar surface area (TPSA) is 51.0 Å². The molecule has 2 atom stereocenters. The molecule has 2 heterocycles. The number of nitrogens with zero attached hydrogens (tertiary/aromatic N) is 2. The number of aromatic nitrogens is 2. The molecule has 0 amide bonds. The summed E-state index contributed by atoms with van der Waals surface area (Å²) in [7, 11) is 0. The van der Waals surface area contributed by atoms with E-state index in [4.69, 9.17) is 4.52 Å². The molecule has 2 fully saturated rings. The van der Waals surface area contributed by atoms with E-state index in [1.165, 1.54) is 12.8 Å². The third-order valence-corrected chi connectivity index (χ3v) is 3.62. The Hall–Kier alpha value is -0.900. The van der Waals surface area contributed by atoms with E-state index < -0.39 is 0 Å². The molecular formula is C12H19N3O. The Balaban J connectivity index is 1.65. The van der Waals surface area contributed by atoms with Crippen LogP contribution in [0.1, 0.15) is 50.2 Å². The lowest BCUT2D eigenvalue weighted by atomic mass is 9.93. The molecule has 1 N–H and O–H groups in total. The van der Waals surface area contributed by atoms with Crippen LogP contribution in [0.15, 0.2) is 4.52 Å².